The Hall–Kier alpha value is -2.09. The third-order valence-corrected chi connectivity index (χ3v) is 3.54. The second kappa shape index (κ2) is 5.27. The largest absolute Gasteiger partial charge is 0.489 e. The predicted molar refractivity (Wildman–Crippen MR) is 74.2 cm³/mol. The molecule has 0 atom stereocenters. The molecule has 0 N–H and O–H groups in total. The predicted octanol–water partition coefficient (Wildman–Crippen LogP) is 3.71. The number of ether oxygens (including phenoxy) is 1. The molecule has 1 saturated carbocycles. The average Bonchev–Trinajstić information content (AvgIpc) is 2.43. The van der Waals surface area contributed by atoms with E-state index in [9.17, 15) is 4.79 Å². The van der Waals surface area contributed by atoms with Crippen LogP contribution in [0.3, 0.4) is 0 Å². The highest BCUT2D eigenvalue weighted by Gasteiger charge is 2.29. The van der Waals surface area contributed by atoms with Gasteiger partial charge in [0.05, 0.1) is 0 Å². The van der Waals surface area contributed by atoms with Crippen molar-refractivity contribution in [2.45, 2.75) is 25.4 Å². The zero-order chi connectivity index (χ0) is 13.1. The maximum Gasteiger partial charge on any atom is 0.134 e. The Morgan fingerprint density at radius 3 is 2.37 bits per heavy atom. The minimum atomic E-state index is 0.347. The minimum absolute atomic E-state index is 0.347. The smallest absolute Gasteiger partial charge is 0.134 e. The van der Waals surface area contributed by atoms with Gasteiger partial charge in [-0.15, -0.1) is 0 Å². The van der Waals surface area contributed by atoms with Crippen molar-refractivity contribution >= 4 is 5.78 Å². The van der Waals surface area contributed by atoms with Gasteiger partial charge in [-0.3, -0.25) is 4.79 Å². The first kappa shape index (κ1) is 12.0. The molecule has 3 rings (SSSR count). The van der Waals surface area contributed by atoms with Gasteiger partial charge in [0.2, 0.25) is 0 Å². The van der Waals surface area contributed by atoms with Gasteiger partial charge >= 0.3 is 0 Å². The fourth-order valence-electron chi connectivity index (χ4n) is 2.39. The van der Waals surface area contributed by atoms with Gasteiger partial charge in [-0.2, -0.15) is 0 Å². The highest BCUT2D eigenvalue weighted by atomic mass is 16.5. The monoisotopic (exact) mass is 252 g/mol. The van der Waals surface area contributed by atoms with Gasteiger partial charge in [0.25, 0.3) is 0 Å². The van der Waals surface area contributed by atoms with Crippen molar-refractivity contribution in [1.29, 1.82) is 0 Å². The van der Waals surface area contributed by atoms with Crippen LogP contribution in [0.4, 0.5) is 0 Å². The minimum Gasteiger partial charge on any atom is -0.489 e. The standard InChI is InChI=1S/C17H16O2/c18-15-10-14(11-15)16-8-4-5-9-17(16)19-12-13-6-2-1-3-7-13/h1-9,14H,10-12H2. The molecule has 0 bridgehead atoms. The number of rotatable bonds is 4. The summed E-state index contributed by atoms with van der Waals surface area (Å²) < 4.78 is 5.90. The lowest BCUT2D eigenvalue weighted by atomic mass is 9.78. The van der Waals surface area contributed by atoms with Crippen LogP contribution < -0.4 is 4.74 Å². The van der Waals surface area contributed by atoms with Gasteiger partial charge < -0.3 is 4.74 Å². The summed E-state index contributed by atoms with van der Waals surface area (Å²) in [4.78, 5) is 11.1. The van der Waals surface area contributed by atoms with E-state index < -0.39 is 0 Å². The molecule has 0 radical (unpaired) electrons. The topological polar surface area (TPSA) is 26.3 Å². The van der Waals surface area contributed by atoms with Crippen LogP contribution in [-0.2, 0) is 11.4 Å². The van der Waals surface area contributed by atoms with Gasteiger partial charge in [-0.25, -0.2) is 0 Å². The van der Waals surface area contributed by atoms with Crippen molar-refractivity contribution in [2.75, 3.05) is 0 Å². The van der Waals surface area contributed by atoms with Gasteiger partial charge in [0.15, 0.2) is 0 Å². The Morgan fingerprint density at radius 1 is 0.947 bits per heavy atom. The van der Waals surface area contributed by atoms with E-state index in [0.29, 0.717) is 31.1 Å². The number of ketones is 1. The molecule has 1 fully saturated rings. The molecular weight excluding hydrogens is 236 g/mol. The Balaban J connectivity index is 1.72. The number of carbonyl (C=O) groups is 1. The molecule has 1 aliphatic rings. The molecular formula is C17H16O2. The fraction of sp³-hybridized carbons (Fsp3) is 0.235. The van der Waals surface area contributed by atoms with Crippen LogP contribution in [0, 0.1) is 0 Å². The number of hydrogen-bond donors (Lipinski definition) is 0. The summed E-state index contributed by atoms with van der Waals surface area (Å²) in [6.45, 7) is 0.568. The molecule has 2 aromatic rings. The van der Waals surface area contributed by atoms with Crippen LogP contribution in [0.5, 0.6) is 5.75 Å². The van der Waals surface area contributed by atoms with Crippen LogP contribution in [0.2, 0.25) is 0 Å². The van der Waals surface area contributed by atoms with Gasteiger partial charge in [0.1, 0.15) is 18.1 Å². The first-order chi connectivity index (χ1) is 9.33. The van der Waals surface area contributed by atoms with Crippen LogP contribution in [0.1, 0.15) is 29.9 Å². The zero-order valence-electron chi connectivity index (χ0n) is 10.7. The fourth-order valence-corrected chi connectivity index (χ4v) is 2.39. The maximum atomic E-state index is 11.1. The summed E-state index contributed by atoms with van der Waals surface area (Å²) in [6, 6.07) is 18.2. The van der Waals surface area contributed by atoms with Crippen molar-refractivity contribution in [2.24, 2.45) is 0 Å². The Bertz CT molecular complexity index is 567. The Labute approximate surface area is 113 Å². The first-order valence-corrected chi connectivity index (χ1v) is 6.60. The van der Waals surface area contributed by atoms with E-state index in [-0.39, 0.29) is 0 Å². The molecule has 2 nitrogen and oxygen atoms in total. The lowest BCUT2D eigenvalue weighted by Crippen LogP contribution is -2.21. The number of hydrogen-bond acceptors (Lipinski definition) is 2. The zero-order valence-corrected chi connectivity index (χ0v) is 10.7. The highest BCUT2D eigenvalue weighted by Crippen LogP contribution is 2.38. The third kappa shape index (κ3) is 2.68. The Morgan fingerprint density at radius 2 is 1.63 bits per heavy atom. The van der Waals surface area contributed by atoms with Crippen LogP contribution in [-0.4, -0.2) is 5.78 Å². The van der Waals surface area contributed by atoms with Crippen LogP contribution in [0.25, 0.3) is 0 Å². The molecule has 0 aliphatic heterocycles. The molecule has 0 unspecified atom stereocenters. The second-order valence-corrected chi connectivity index (χ2v) is 4.96. The van der Waals surface area contributed by atoms with E-state index in [1.165, 1.54) is 0 Å². The summed E-state index contributed by atoms with van der Waals surface area (Å²) >= 11 is 0. The number of Topliss-reactive ketones (excluding diaryl/α,β-unsaturated/α-hetero) is 1. The van der Waals surface area contributed by atoms with E-state index in [1.54, 1.807) is 0 Å². The van der Waals surface area contributed by atoms with Crippen molar-refractivity contribution in [1.82, 2.24) is 0 Å². The molecule has 2 heteroatoms. The summed E-state index contributed by atoms with van der Waals surface area (Å²) in [5, 5.41) is 0. The van der Waals surface area contributed by atoms with Gasteiger partial charge in [0, 0.05) is 18.8 Å². The van der Waals surface area contributed by atoms with Gasteiger partial charge in [-0.1, -0.05) is 48.5 Å². The summed E-state index contributed by atoms with van der Waals surface area (Å²) in [7, 11) is 0. The lowest BCUT2D eigenvalue weighted by Gasteiger charge is -2.26. The molecule has 96 valence electrons. The highest BCUT2D eigenvalue weighted by molar-refractivity contribution is 5.86. The van der Waals surface area contributed by atoms with Crippen molar-refractivity contribution < 1.29 is 9.53 Å². The van der Waals surface area contributed by atoms with Gasteiger partial charge in [-0.05, 0) is 17.2 Å². The van der Waals surface area contributed by atoms with E-state index in [0.717, 1.165) is 16.9 Å². The van der Waals surface area contributed by atoms with Crippen LogP contribution in [0.15, 0.2) is 54.6 Å². The van der Waals surface area contributed by atoms with E-state index in [1.807, 2.05) is 36.4 Å². The van der Waals surface area contributed by atoms with Crippen LogP contribution >= 0.6 is 0 Å². The molecule has 0 amide bonds. The molecule has 0 saturated heterocycles. The summed E-state index contributed by atoms with van der Waals surface area (Å²) in [5.74, 6) is 1.60. The summed E-state index contributed by atoms with van der Waals surface area (Å²) in [5.41, 5.74) is 2.32. The normalized spacial score (nSPS) is 15.1. The number of benzene rings is 2. The molecule has 0 spiro atoms. The lowest BCUT2D eigenvalue weighted by molar-refractivity contribution is -0.124. The molecule has 0 aromatic heterocycles. The van der Waals surface area contributed by atoms with E-state index >= 15 is 0 Å². The summed E-state index contributed by atoms with van der Waals surface area (Å²) in [6.07, 6.45) is 1.32. The molecule has 0 heterocycles. The third-order valence-electron chi connectivity index (χ3n) is 3.54. The van der Waals surface area contributed by atoms with E-state index in [2.05, 4.69) is 18.2 Å². The molecule has 19 heavy (non-hydrogen) atoms. The quantitative estimate of drug-likeness (QED) is 0.829. The molecule has 2 aromatic carbocycles. The first-order valence-electron chi connectivity index (χ1n) is 6.60. The second-order valence-electron chi connectivity index (χ2n) is 4.96. The SMILES string of the molecule is O=C1CC(c2ccccc2OCc2ccccc2)C1. The van der Waals surface area contributed by atoms with Crippen molar-refractivity contribution in [3.63, 3.8) is 0 Å². The number of carbonyl (C=O) groups excluding carboxylic acids is 1. The van der Waals surface area contributed by atoms with Crippen molar-refractivity contribution in [3.8, 4) is 5.75 Å². The molecule has 1 aliphatic carbocycles. The van der Waals surface area contributed by atoms with Crippen molar-refractivity contribution in [3.05, 3.63) is 65.7 Å². The van der Waals surface area contributed by atoms with E-state index in [4.69, 9.17) is 4.74 Å². The average molecular weight is 252 g/mol. The number of para-hydroxylation sites is 1. The Kier molecular flexibility index (Phi) is 3.32. The maximum absolute atomic E-state index is 11.1.